The number of nitrogens with zero attached hydrogens (tertiary/aromatic N) is 1. The summed E-state index contributed by atoms with van der Waals surface area (Å²) in [6.07, 6.45) is 1.80. The zero-order chi connectivity index (χ0) is 15.4. The molecule has 0 aliphatic carbocycles. The minimum absolute atomic E-state index is 0.0137. The van der Waals surface area contributed by atoms with E-state index >= 15 is 0 Å². The summed E-state index contributed by atoms with van der Waals surface area (Å²) in [6.45, 7) is 6.12. The van der Waals surface area contributed by atoms with E-state index in [4.69, 9.17) is 5.73 Å². The second-order valence-corrected chi connectivity index (χ2v) is 6.49. The largest absolute Gasteiger partial charge is 0.384 e. The topological polar surface area (TPSA) is 68.0 Å². The molecular weight excluding hydrogens is 282 g/mol. The molecule has 0 fully saturated rings. The number of thiophene rings is 1. The summed E-state index contributed by atoms with van der Waals surface area (Å²) >= 11 is 1.70. The number of pyridine rings is 1. The van der Waals surface area contributed by atoms with E-state index in [0.717, 1.165) is 23.4 Å². The monoisotopic (exact) mass is 303 g/mol. The van der Waals surface area contributed by atoms with Gasteiger partial charge in [0.05, 0.1) is 6.04 Å². The summed E-state index contributed by atoms with van der Waals surface area (Å²) in [6, 6.07) is 7.55. The molecule has 3 N–H and O–H groups in total. The summed E-state index contributed by atoms with van der Waals surface area (Å²) in [5, 5.41) is 3.01. The third-order valence-corrected chi connectivity index (χ3v) is 4.39. The first-order chi connectivity index (χ1) is 9.99. The van der Waals surface area contributed by atoms with Gasteiger partial charge in [-0.1, -0.05) is 13.3 Å². The van der Waals surface area contributed by atoms with Crippen LogP contribution in [0.25, 0.3) is 0 Å². The molecule has 0 spiro atoms. The summed E-state index contributed by atoms with van der Waals surface area (Å²) in [7, 11) is 0. The third kappa shape index (κ3) is 4.04. The minimum Gasteiger partial charge on any atom is -0.384 e. The van der Waals surface area contributed by atoms with E-state index in [0.29, 0.717) is 11.4 Å². The van der Waals surface area contributed by atoms with Crippen molar-refractivity contribution >= 4 is 23.1 Å². The van der Waals surface area contributed by atoms with Crippen molar-refractivity contribution in [2.45, 2.75) is 39.7 Å². The van der Waals surface area contributed by atoms with Gasteiger partial charge in [-0.25, -0.2) is 4.98 Å². The normalized spacial score (nSPS) is 12.1. The number of carbonyl (C=O) groups excluding carboxylic acids is 1. The van der Waals surface area contributed by atoms with Crippen LogP contribution in [0.5, 0.6) is 0 Å². The molecule has 2 rings (SSSR count). The second-order valence-electron chi connectivity index (χ2n) is 5.17. The number of aromatic nitrogens is 1. The molecule has 5 heteroatoms. The van der Waals surface area contributed by atoms with Gasteiger partial charge in [-0.2, -0.15) is 0 Å². The van der Waals surface area contributed by atoms with E-state index < -0.39 is 0 Å². The van der Waals surface area contributed by atoms with Gasteiger partial charge in [0.15, 0.2) is 0 Å². The molecule has 1 amide bonds. The predicted octanol–water partition coefficient (Wildman–Crippen LogP) is 3.48. The maximum Gasteiger partial charge on any atom is 0.251 e. The maximum absolute atomic E-state index is 12.4. The summed E-state index contributed by atoms with van der Waals surface area (Å²) < 4.78 is 0. The van der Waals surface area contributed by atoms with Gasteiger partial charge < -0.3 is 11.1 Å². The Morgan fingerprint density at radius 2 is 2.19 bits per heavy atom. The van der Waals surface area contributed by atoms with Crippen molar-refractivity contribution in [2.75, 3.05) is 5.73 Å². The van der Waals surface area contributed by atoms with Gasteiger partial charge in [0, 0.05) is 21.0 Å². The first-order valence-corrected chi connectivity index (χ1v) is 7.95. The number of nitrogens with two attached hydrogens (primary N) is 1. The van der Waals surface area contributed by atoms with Crippen LogP contribution in [-0.2, 0) is 6.42 Å². The molecule has 1 unspecified atom stereocenters. The van der Waals surface area contributed by atoms with E-state index in [2.05, 4.69) is 30.2 Å². The Morgan fingerprint density at radius 3 is 2.81 bits per heavy atom. The SMILES string of the molecule is CCCc1cc(C(=O)NC(C)c2ccc(C)s2)cc(N)n1. The van der Waals surface area contributed by atoms with Crippen molar-refractivity contribution in [3.05, 3.63) is 45.3 Å². The Kier molecular flexibility index (Phi) is 4.96. The van der Waals surface area contributed by atoms with Gasteiger partial charge in [0.1, 0.15) is 5.82 Å². The quantitative estimate of drug-likeness (QED) is 0.888. The smallest absolute Gasteiger partial charge is 0.251 e. The van der Waals surface area contributed by atoms with E-state index in [9.17, 15) is 4.79 Å². The molecule has 0 radical (unpaired) electrons. The van der Waals surface area contributed by atoms with E-state index in [1.165, 1.54) is 4.88 Å². The Labute approximate surface area is 129 Å². The average molecular weight is 303 g/mol. The summed E-state index contributed by atoms with van der Waals surface area (Å²) in [4.78, 5) is 19.0. The number of rotatable bonds is 5. The highest BCUT2D eigenvalue weighted by atomic mass is 32.1. The second kappa shape index (κ2) is 6.72. The lowest BCUT2D eigenvalue weighted by Crippen LogP contribution is -2.26. The number of carbonyl (C=O) groups is 1. The van der Waals surface area contributed by atoms with Crippen LogP contribution in [0.1, 0.15) is 52.1 Å². The number of hydrogen-bond acceptors (Lipinski definition) is 4. The van der Waals surface area contributed by atoms with Crippen LogP contribution >= 0.6 is 11.3 Å². The molecule has 1 atom stereocenters. The minimum atomic E-state index is -0.111. The van der Waals surface area contributed by atoms with Gasteiger partial charge in [0.25, 0.3) is 5.91 Å². The van der Waals surface area contributed by atoms with Crippen molar-refractivity contribution < 1.29 is 4.79 Å². The van der Waals surface area contributed by atoms with E-state index in [1.807, 2.05) is 19.1 Å². The molecule has 2 aromatic heterocycles. The zero-order valence-electron chi connectivity index (χ0n) is 12.6. The number of nitrogens with one attached hydrogen (secondary N) is 1. The van der Waals surface area contributed by atoms with Crippen LogP contribution in [-0.4, -0.2) is 10.9 Å². The summed E-state index contributed by atoms with van der Waals surface area (Å²) in [5.74, 6) is 0.283. The van der Waals surface area contributed by atoms with Gasteiger partial charge in [-0.3, -0.25) is 4.79 Å². The highest BCUT2D eigenvalue weighted by Crippen LogP contribution is 2.22. The van der Waals surface area contributed by atoms with E-state index in [-0.39, 0.29) is 11.9 Å². The Hall–Kier alpha value is -1.88. The number of anilines is 1. The van der Waals surface area contributed by atoms with Gasteiger partial charge in [-0.05, 0) is 44.5 Å². The Balaban J connectivity index is 2.12. The van der Waals surface area contributed by atoms with Gasteiger partial charge in [-0.15, -0.1) is 11.3 Å². The fourth-order valence-corrected chi connectivity index (χ4v) is 3.04. The molecule has 0 bridgehead atoms. The molecule has 0 aromatic carbocycles. The molecule has 0 aliphatic rings. The van der Waals surface area contributed by atoms with Crippen LogP contribution in [0.3, 0.4) is 0 Å². The lowest BCUT2D eigenvalue weighted by atomic mass is 10.1. The zero-order valence-corrected chi connectivity index (χ0v) is 13.5. The maximum atomic E-state index is 12.4. The molecule has 0 saturated carbocycles. The fourth-order valence-electron chi connectivity index (χ4n) is 2.16. The van der Waals surface area contributed by atoms with Crippen molar-refractivity contribution in [1.29, 1.82) is 0 Å². The fraction of sp³-hybridized carbons (Fsp3) is 0.375. The first kappa shape index (κ1) is 15.5. The Morgan fingerprint density at radius 1 is 1.43 bits per heavy atom. The van der Waals surface area contributed by atoms with Crippen molar-refractivity contribution in [3.8, 4) is 0 Å². The number of amides is 1. The number of nitrogen functional groups attached to an aromatic ring is 1. The molecule has 0 saturated heterocycles. The first-order valence-electron chi connectivity index (χ1n) is 7.13. The molecule has 112 valence electrons. The highest BCUT2D eigenvalue weighted by molar-refractivity contribution is 7.12. The molecule has 2 aromatic rings. The molecule has 0 aliphatic heterocycles. The lowest BCUT2D eigenvalue weighted by Gasteiger charge is -2.13. The van der Waals surface area contributed by atoms with Crippen LogP contribution in [0, 0.1) is 6.92 Å². The number of hydrogen-bond donors (Lipinski definition) is 2. The Bertz CT molecular complexity index is 636. The van der Waals surface area contributed by atoms with Crippen LogP contribution in [0.15, 0.2) is 24.3 Å². The summed E-state index contributed by atoms with van der Waals surface area (Å²) in [5.41, 5.74) is 7.22. The molecule has 2 heterocycles. The van der Waals surface area contributed by atoms with Crippen LogP contribution in [0.4, 0.5) is 5.82 Å². The standard InChI is InChI=1S/C16H21N3OS/c1-4-5-13-8-12(9-15(17)19-13)16(20)18-11(3)14-7-6-10(2)21-14/h6-9,11H,4-5H2,1-3H3,(H2,17,19)(H,18,20). The van der Waals surface area contributed by atoms with Crippen molar-refractivity contribution in [2.24, 2.45) is 0 Å². The van der Waals surface area contributed by atoms with Crippen LogP contribution < -0.4 is 11.1 Å². The van der Waals surface area contributed by atoms with Gasteiger partial charge in [0.2, 0.25) is 0 Å². The highest BCUT2D eigenvalue weighted by Gasteiger charge is 2.14. The van der Waals surface area contributed by atoms with Crippen LogP contribution in [0.2, 0.25) is 0 Å². The molecular formula is C16H21N3OS. The number of aryl methyl sites for hydroxylation is 2. The van der Waals surface area contributed by atoms with Crippen molar-refractivity contribution in [3.63, 3.8) is 0 Å². The van der Waals surface area contributed by atoms with E-state index in [1.54, 1.807) is 17.4 Å². The predicted molar refractivity (Wildman–Crippen MR) is 87.6 cm³/mol. The average Bonchev–Trinajstić information content (AvgIpc) is 2.85. The molecule has 21 heavy (non-hydrogen) atoms. The van der Waals surface area contributed by atoms with Crippen molar-refractivity contribution in [1.82, 2.24) is 10.3 Å². The third-order valence-electron chi connectivity index (χ3n) is 3.20. The molecule has 4 nitrogen and oxygen atoms in total. The van der Waals surface area contributed by atoms with Gasteiger partial charge >= 0.3 is 0 Å². The lowest BCUT2D eigenvalue weighted by molar-refractivity contribution is 0.0940.